The molecule has 7 nitrogen and oxygen atoms in total. The zero-order chi connectivity index (χ0) is 18.4. The van der Waals surface area contributed by atoms with E-state index in [2.05, 4.69) is 34.1 Å². The Balaban J connectivity index is 0.00000338. The van der Waals surface area contributed by atoms with Gasteiger partial charge in [-0.3, -0.25) is 14.6 Å². The lowest BCUT2D eigenvalue weighted by Crippen LogP contribution is -2.42. The van der Waals surface area contributed by atoms with E-state index in [9.17, 15) is 9.59 Å². The Morgan fingerprint density at radius 3 is 2.56 bits per heavy atom. The van der Waals surface area contributed by atoms with Crippen LogP contribution in [0.5, 0.6) is 0 Å². The summed E-state index contributed by atoms with van der Waals surface area (Å²) in [6, 6.07) is 3.50. The Morgan fingerprint density at radius 1 is 1.33 bits per heavy atom. The van der Waals surface area contributed by atoms with Crippen molar-refractivity contribution in [1.82, 2.24) is 20.3 Å². The van der Waals surface area contributed by atoms with Crippen molar-refractivity contribution in [2.24, 2.45) is 11.7 Å². The Labute approximate surface area is 171 Å². The number of rotatable bonds is 7. The molecule has 0 fully saturated rings. The number of carbonyl (C=O) groups is 1. The van der Waals surface area contributed by atoms with E-state index in [4.69, 9.17) is 5.73 Å². The SMILES string of the molecule is Cc1nc(-c2cccnc2)[nH]c(=O)c1CC(=O)NC(CN)CC(C)C.Cl.Cl. The van der Waals surface area contributed by atoms with Crippen LogP contribution in [-0.4, -0.2) is 33.4 Å². The minimum atomic E-state index is -0.310. The number of hydrogen-bond acceptors (Lipinski definition) is 5. The smallest absolute Gasteiger partial charge is 0.255 e. The summed E-state index contributed by atoms with van der Waals surface area (Å²) in [5.41, 5.74) is 7.02. The number of aryl methyl sites for hydroxylation is 1. The molecule has 4 N–H and O–H groups in total. The summed E-state index contributed by atoms with van der Waals surface area (Å²) in [6.45, 7) is 6.25. The number of aromatic amines is 1. The van der Waals surface area contributed by atoms with E-state index in [1.165, 1.54) is 0 Å². The molecule has 9 heteroatoms. The monoisotopic (exact) mass is 415 g/mol. The van der Waals surface area contributed by atoms with Crippen molar-refractivity contribution in [3.8, 4) is 11.4 Å². The Hall–Kier alpha value is -1.96. The average Bonchev–Trinajstić information content (AvgIpc) is 2.57. The van der Waals surface area contributed by atoms with Crippen LogP contribution in [0.2, 0.25) is 0 Å². The molecule has 2 rings (SSSR count). The van der Waals surface area contributed by atoms with Crippen molar-refractivity contribution in [3.05, 3.63) is 46.1 Å². The molecule has 0 spiro atoms. The molecule has 0 radical (unpaired) electrons. The molecule has 1 amide bonds. The largest absolute Gasteiger partial charge is 0.352 e. The van der Waals surface area contributed by atoms with Crippen molar-refractivity contribution in [3.63, 3.8) is 0 Å². The molecule has 0 aliphatic heterocycles. The quantitative estimate of drug-likeness (QED) is 0.639. The van der Waals surface area contributed by atoms with Gasteiger partial charge in [0.25, 0.3) is 5.56 Å². The molecule has 0 aromatic carbocycles. The lowest BCUT2D eigenvalue weighted by atomic mass is 10.0. The van der Waals surface area contributed by atoms with Gasteiger partial charge in [-0.1, -0.05) is 13.8 Å². The van der Waals surface area contributed by atoms with Gasteiger partial charge in [0.2, 0.25) is 5.91 Å². The summed E-state index contributed by atoms with van der Waals surface area (Å²) < 4.78 is 0. The lowest BCUT2D eigenvalue weighted by Gasteiger charge is -2.19. The molecule has 27 heavy (non-hydrogen) atoms. The third-order valence-electron chi connectivity index (χ3n) is 3.90. The molecule has 150 valence electrons. The van der Waals surface area contributed by atoms with E-state index in [1.54, 1.807) is 25.4 Å². The summed E-state index contributed by atoms with van der Waals surface area (Å²) in [5, 5.41) is 2.89. The highest BCUT2D eigenvalue weighted by Crippen LogP contribution is 2.13. The van der Waals surface area contributed by atoms with Gasteiger partial charge in [0.05, 0.1) is 6.42 Å². The molecule has 2 heterocycles. The van der Waals surface area contributed by atoms with Crippen LogP contribution in [0.4, 0.5) is 0 Å². The number of hydrogen-bond donors (Lipinski definition) is 3. The fourth-order valence-electron chi connectivity index (χ4n) is 2.68. The van der Waals surface area contributed by atoms with Crippen molar-refractivity contribution in [2.75, 3.05) is 6.54 Å². The summed E-state index contributed by atoms with van der Waals surface area (Å²) in [5.74, 6) is 0.652. The maximum atomic E-state index is 12.4. The predicted octanol–water partition coefficient (Wildman–Crippen LogP) is 2.02. The Kier molecular flexibility index (Phi) is 10.8. The molecule has 0 saturated carbocycles. The highest BCUT2D eigenvalue weighted by Gasteiger charge is 2.17. The zero-order valence-corrected chi connectivity index (χ0v) is 17.3. The van der Waals surface area contributed by atoms with E-state index in [-0.39, 0.29) is 48.7 Å². The number of aromatic nitrogens is 3. The van der Waals surface area contributed by atoms with Gasteiger partial charge < -0.3 is 16.0 Å². The van der Waals surface area contributed by atoms with Crippen LogP contribution in [0, 0.1) is 12.8 Å². The molecule has 0 saturated heterocycles. The molecule has 2 aromatic rings. The minimum absolute atomic E-state index is 0. The number of nitrogens with two attached hydrogens (primary N) is 1. The average molecular weight is 416 g/mol. The first kappa shape index (κ1) is 25.0. The third kappa shape index (κ3) is 7.28. The van der Waals surface area contributed by atoms with Gasteiger partial charge >= 0.3 is 0 Å². The van der Waals surface area contributed by atoms with Crippen LogP contribution in [-0.2, 0) is 11.2 Å². The maximum absolute atomic E-state index is 12.4. The van der Waals surface area contributed by atoms with Crippen molar-refractivity contribution < 1.29 is 4.79 Å². The van der Waals surface area contributed by atoms with Crippen LogP contribution in [0.25, 0.3) is 11.4 Å². The maximum Gasteiger partial charge on any atom is 0.255 e. The van der Waals surface area contributed by atoms with Crippen molar-refractivity contribution in [2.45, 2.75) is 39.7 Å². The van der Waals surface area contributed by atoms with Crippen LogP contribution in [0.3, 0.4) is 0 Å². The molecular formula is C18H27Cl2N5O2. The fraction of sp³-hybridized carbons (Fsp3) is 0.444. The topological polar surface area (TPSA) is 114 Å². The number of nitrogens with one attached hydrogen (secondary N) is 2. The van der Waals surface area contributed by atoms with Gasteiger partial charge in [0.15, 0.2) is 0 Å². The fourth-order valence-corrected chi connectivity index (χ4v) is 2.68. The van der Waals surface area contributed by atoms with Gasteiger partial charge in [0.1, 0.15) is 5.82 Å². The number of nitrogens with zero attached hydrogens (tertiary/aromatic N) is 2. The second kappa shape index (κ2) is 11.7. The van der Waals surface area contributed by atoms with Crippen LogP contribution < -0.4 is 16.6 Å². The molecule has 0 aliphatic rings. The van der Waals surface area contributed by atoms with E-state index in [0.717, 1.165) is 12.0 Å². The highest BCUT2D eigenvalue weighted by molar-refractivity contribution is 5.85. The van der Waals surface area contributed by atoms with Gasteiger partial charge in [-0.15, -0.1) is 24.8 Å². The van der Waals surface area contributed by atoms with Crippen LogP contribution in [0.15, 0.2) is 29.3 Å². The van der Waals surface area contributed by atoms with E-state index in [1.807, 2.05) is 6.07 Å². The van der Waals surface area contributed by atoms with Gasteiger partial charge in [-0.25, -0.2) is 4.98 Å². The standard InChI is InChI=1S/C18H25N5O2.2ClH/c1-11(2)7-14(9-19)22-16(24)8-15-12(3)21-17(23-18(15)25)13-5-4-6-20-10-13;;/h4-6,10-11,14H,7-9,19H2,1-3H3,(H,22,24)(H,21,23,25);2*1H. The van der Waals surface area contributed by atoms with Crippen molar-refractivity contribution in [1.29, 1.82) is 0 Å². The number of H-pyrrole nitrogens is 1. The van der Waals surface area contributed by atoms with E-state index in [0.29, 0.717) is 29.5 Å². The first-order valence-electron chi connectivity index (χ1n) is 8.40. The normalized spacial score (nSPS) is 11.3. The minimum Gasteiger partial charge on any atom is -0.352 e. The molecule has 1 atom stereocenters. The zero-order valence-electron chi connectivity index (χ0n) is 15.7. The summed E-state index contributed by atoms with van der Waals surface area (Å²) in [6.07, 6.45) is 4.06. The molecule has 0 aliphatic carbocycles. The predicted molar refractivity (Wildman–Crippen MR) is 111 cm³/mol. The lowest BCUT2D eigenvalue weighted by molar-refractivity contribution is -0.121. The Bertz CT molecular complexity index is 781. The molecular weight excluding hydrogens is 389 g/mol. The number of pyridine rings is 1. The second-order valence-corrected chi connectivity index (χ2v) is 6.53. The number of halogens is 2. The number of amides is 1. The van der Waals surface area contributed by atoms with Crippen LogP contribution >= 0.6 is 24.8 Å². The first-order chi connectivity index (χ1) is 11.9. The number of carbonyl (C=O) groups excluding carboxylic acids is 1. The third-order valence-corrected chi connectivity index (χ3v) is 3.90. The molecule has 2 aromatic heterocycles. The van der Waals surface area contributed by atoms with E-state index < -0.39 is 0 Å². The molecule has 1 unspecified atom stereocenters. The first-order valence-corrected chi connectivity index (χ1v) is 8.40. The summed E-state index contributed by atoms with van der Waals surface area (Å²) in [4.78, 5) is 35.8. The summed E-state index contributed by atoms with van der Waals surface area (Å²) in [7, 11) is 0. The van der Waals surface area contributed by atoms with Crippen molar-refractivity contribution >= 4 is 30.7 Å². The highest BCUT2D eigenvalue weighted by atomic mass is 35.5. The van der Waals surface area contributed by atoms with Gasteiger partial charge in [-0.05, 0) is 31.4 Å². The van der Waals surface area contributed by atoms with Crippen LogP contribution in [0.1, 0.15) is 31.5 Å². The molecule has 0 bridgehead atoms. The van der Waals surface area contributed by atoms with Gasteiger partial charge in [-0.2, -0.15) is 0 Å². The summed E-state index contributed by atoms with van der Waals surface area (Å²) >= 11 is 0. The Morgan fingerprint density at radius 2 is 2.04 bits per heavy atom. The van der Waals surface area contributed by atoms with E-state index >= 15 is 0 Å². The van der Waals surface area contributed by atoms with Gasteiger partial charge in [0, 0.05) is 41.8 Å². The second-order valence-electron chi connectivity index (χ2n) is 6.53.